The van der Waals surface area contributed by atoms with Crippen LogP contribution in [-0.2, 0) is 11.2 Å². The molecule has 1 unspecified atom stereocenters. The highest BCUT2D eigenvalue weighted by Gasteiger charge is 2.04. The van der Waals surface area contributed by atoms with Crippen LogP contribution >= 0.6 is 12.4 Å². The summed E-state index contributed by atoms with van der Waals surface area (Å²) in [5.41, 5.74) is 7.84. The zero-order valence-electron chi connectivity index (χ0n) is 12.5. The highest BCUT2D eigenvalue weighted by Crippen LogP contribution is 2.13. The van der Waals surface area contributed by atoms with Crippen molar-refractivity contribution in [1.29, 1.82) is 0 Å². The summed E-state index contributed by atoms with van der Waals surface area (Å²) in [4.78, 5) is 11.6. The fraction of sp³-hybridized carbons (Fsp3) is 0.562. The van der Waals surface area contributed by atoms with Gasteiger partial charge in [-0.1, -0.05) is 31.9 Å². The van der Waals surface area contributed by atoms with E-state index < -0.39 is 0 Å². The minimum absolute atomic E-state index is 0. The normalized spacial score (nSPS) is 11.6. The number of rotatable bonds is 8. The Balaban J connectivity index is 0.00000361. The Morgan fingerprint density at radius 3 is 2.45 bits per heavy atom. The monoisotopic (exact) mass is 298 g/mol. The second-order valence-corrected chi connectivity index (χ2v) is 5.22. The summed E-state index contributed by atoms with van der Waals surface area (Å²) >= 11 is 0. The predicted molar refractivity (Wildman–Crippen MR) is 88.4 cm³/mol. The molecule has 0 fully saturated rings. The summed E-state index contributed by atoms with van der Waals surface area (Å²) in [6.45, 7) is 4.12. The molecule has 0 saturated carbocycles. The van der Waals surface area contributed by atoms with Gasteiger partial charge in [0.1, 0.15) is 0 Å². The van der Waals surface area contributed by atoms with Gasteiger partial charge in [0.25, 0.3) is 0 Å². The summed E-state index contributed by atoms with van der Waals surface area (Å²) in [7, 11) is 0. The molecule has 0 spiro atoms. The SMILES string of the molecule is CCCCCc1ccc(NC(=O)CCC(C)N)cc1.Cl. The molecular formula is C16H27ClN2O. The Labute approximate surface area is 128 Å². The van der Waals surface area contributed by atoms with Crippen LogP contribution in [0.15, 0.2) is 24.3 Å². The zero-order chi connectivity index (χ0) is 14.1. The number of amides is 1. The number of hydrogen-bond donors (Lipinski definition) is 2. The van der Waals surface area contributed by atoms with Gasteiger partial charge in [0, 0.05) is 18.2 Å². The molecule has 0 aliphatic carbocycles. The van der Waals surface area contributed by atoms with Gasteiger partial charge in [-0.2, -0.15) is 0 Å². The largest absolute Gasteiger partial charge is 0.328 e. The number of nitrogens with two attached hydrogens (primary N) is 1. The van der Waals surface area contributed by atoms with Gasteiger partial charge in [-0.25, -0.2) is 0 Å². The lowest BCUT2D eigenvalue weighted by molar-refractivity contribution is -0.116. The van der Waals surface area contributed by atoms with Gasteiger partial charge >= 0.3 is 0 Å². The molecule has 4 heteroatoms. The second kappa shape index (κ2) is 10.7. The number of nitrogens with one attached hydrogen (secondary N) is 1. The van der Waals surface area contributed by atoms with Crippen molar-refractivity contribution in [1.82, 2.24) is 0 Å². The first kappa shape index (κ1) is 18.9. The van der Waals surface area contributed by atoms with Crippen LogP contribution in [0.4, 0.5) is 5.69 Å². The average Bonchev–Trinajstić information content (AvgIpc) is 2.39. The molecule has 114 valence electrons. The van der Waals surface area contributed by atoms with E-state index in [2.05, 4.69) is 24.4 Å². The van der Waals surface area contributed by atoms with Gasteiger partial charge in [-0.05, 0) is 43.9 Å². The number of benzene rings is 1. The van der Waals surface area contributed by atoms with Crippen molar-refractivity contribution in [3.63, 3.8) is 0 Å². The number of carbonyl (C=O) groups excluding carboxylic acids is 1. The van der Waals surface area contributed by atoms with Crippen molar-refractivity contribution in [2.75, 3.05) is 5.32 Å². The van der Waals surface area contributed by atoms with Gasteiger partial charge in [-0.15, -0.1) is 12.4 Å². The van der Waals surface area contributed by atoms with Gasteiger partial charge in [0.05, 0.1) is 0 Å². The lowest BCUT2D eigenvalue weighted by atomic mass is 10.1. The molecule has 0 aromatic heterocycles. The highest BCUT2D eigenvalue weighted by atomic mass is 35.5. The highest BCUT2D eigenvalue weighted by molar-refractivity contribution is 5.90. The second-order valence-electron chi connectivity index (χ2n) is 5.22. The van der Waals surface area contributed by atoms with Gasteiger partial charge in [0.2, 0.25) is 5.91 Å². The quantitative estimate of drug-likeness (QED) is 0.715. The van der Waals surface area contributed by atoms with Gasteiger partial charge in [0.15, 0.2) is 0 Å². The molecule has 1 aromatic rings. The molecule has 1 amide bonds. The molecule has 3 nitrogen and oxygen atoms in total. The van der Waals surface area contributed by atoms with Crippen LogP contribution in [0.3, 0.4) is 0 Å². The lowest BCUT2D eigenvalue weighted by Gasteiger charge is -2.08. The maximum atomic E-state index is 11.6. The molecular weight excluding hydrogens is 272 g/mol. The number of unbranched alkanes of at least 4 members (excludes halogenated alkanes) is 2. The number of anilines is 1. The first-order chi connectivity index (χ1) is 9.11. The smallest absolute Gasteiger partial charge is 0.224 e. The number of halogens is 1. The van der Waals surface area contributed by atoms with Crippen molar-refractivity contribution in [3.05, 3.63) is 29.8 Å². The summed E-state index contributed by atoms with van der Waals surface area (Å²) < 4.78 is 0. The summed E-state index contributed by atoms with van der Waals surface area (Å²) in [6, 6.07) is 8.22. The van der Waals surface area contributed by atoms with E-state index in [-0.39, 0.29) is 24.4 Å². The van der Waals surface area contributed by atoms with Gasteiger partial charge in [-0.3, -0.25) is 4.79 Å². The molecule has 3 N–H and O–H groups in total. The standard InChI is InChI=1S/C16H26N2O.ClH/c1-3-4-5-6-14-8-10-15(11-9-14)18-16(19)12-7-13(2)17;/h8-11,13H,3-7,12,17H2,1-2H3,(H,18,19);1H. The molecule has 20 heavy (non-hydrogen) atoms. The van der Waals surface area contributed by atoms with E-state index in [0.717, 1.165) is 18.5 Å². The molecule has 0 aliphatic rings. The molecule has 1 atom stereocenters. The Bertz CT molecular complexity index is 377. The van der Waals surface area contributed by atoms with Crippen LogP contribution in [0.1, 0.15) is 51.5 Å². The van der Waals surface area contributed by atoms with E-state index in [1.165, 1.54) is 24.8 Å². The van der Waals surface area contributed by atoms with E-state index >= 15 is 0 Å². The van der Waals surface area contributed by atoms with Crippen LogP contribution in [0.5, 0.6) is 0 Å². The molecule has 0 bridgehead atoms. The van der Waals surface area contributed by atoms with E-state index in [0.29, 0.717) is 6.42 Å². The maximum absolute atomic E-state index is 11.6. The molecule has 0 aliphatic heterocycles. The van der Waals surface area contributed by atoms with Gasteiger partial charge < -0.3 is 11.1 Å². The fourth-order valence-corrected chi connectivity index (χ4v) is 1.92. The minimum atomic E-state index is 0. The topological polar surface area (TPSA) is 55.1 Å². The summed E-state index contributed by atoms with van der Waals surface area (Å²) in [6.07, 6.45) is 6.07. The number of aryl methyl sites for hydroxylation is 1. The first-order valence-corrected chi connectivity index (χ1v) is 7.26. The maximum Gasteiger partial charge on any atom is 0.224 e. The number of hydrogen-bond acceptors (Lipinski definition) is 2. The van der Waals surface area contributed by atoms with Crippen LogP contribution < -0.4 is 11.1 Å². The van der Waals surface area contributed by atoms with Crippen molar-refractivity contribution in [2.24, 2.45) is 5.73 Å². The Hall–Kier alpha value is -1.06. The Kier molecular flexibility index (Phi) is 10.1. The molecule has 0 radical (unpaired) electrons. The van der Waals surface area contributed by atoms with Crippen LogP contribution in [-0.4, -0.2) is 11.9 Å². The molecule has 0 heterocycles. The van der Waals surface area contributed by atoms with E-state index in [4.69, 9.17) is 5.73 Å². The van der Waals surface area contributed by atoms with E-state index in [1.807, 2.05) is 19.1 Å². The van der Waals surface area contributed by atoms with Crippen molar-refractivity contribution < 1.29 is 4.79 Å². The summed E-state index contributed by atoms with van der Waals surface area (Å²) in [5, 5.41) is 2.90. The van der Waals surface area contributed by atoms with Crippen molar-refractivity contribution in [2.45, 2.75) is 58.4 Å². The lowest BCUT2D eigenvalue weighted by Crippen LogP contribution is -2.19. The first-order valence-electron chi connectivity index (χ1n) is 7.26. The fourth-order valence-electron chi connectivity index (χ4n) is 1.92. The van der Waals surface area contributed by atoms with Crippen molar-refractivity contribution in [3.8, 4) is 0 Å². The van der Waals surface area contributed by atoms with Crippen LogP contribution in [0.25, 0.3) is 0 Å². The molecule has 1 rings (SSSR count). The third kappa shape index (κ3) is 8.18. The molecule has 1 aromatic carbocycles. The third-order valence-electron chi connectivity index (χ3n) is 3.13. The minimum Gasteiger partial charge on any atom is -0.328 e. The van der Waals surface area contributed by atoms with Crippen LogP contribution in [0.2, 0.25) is 0 Å². The van der Waals surface area contributed by atoms with Crippen LogP contribution in [0, 0.1) is 0 Å². The van der Waals surface area contributed by atoms with E-state index in [9.17, 15) is 4.79 Å². The Morgan fingerprint density at radius 1 is 1.25 bits per heavy atom. The van der Waals surface area contributed by atoms with Crippen molar-refractivity contribution >= 4 is 24.0 Å². The van der Waals surface area contributed by atoms with E-state index in [1.54, 1.807) is 0 Å². The Morgan fingerprint density at radius 2 is 1.90 bits per heavy atom. The number of carbonyl (C=O) groups is 1. The molecule has 0 saturated heterocycles. The predicted octanol–water partition coefficient (Wildman–Crippen LogP) is 3.91. The summed E-state index contributed by atoms with van der Waals surface area (Å²) in [5.74, 6) is 0.0380. The average molecular weight is 299 g/mol. The zero-order valence-corrected chi connectivity index (χ0v) is 13.3. The third-order valence-corrected chi connectivity index (χ3v) is 3.13.